The van der Waals surface area contributed by atoms with Gasteiger partial charge in [0.2, 0.25) is 11.8 Å². The molecule has 6 nitrogen and oxygen atoms in total. The third-order valence-electron chi connectivity index (χ3n) is 5.50. The Hall–Kier alpha value is -2.08. The van der Waals surface area contributed by atoms with Crippen LogP contribution in [0.15, 0.2) is 24.3 Å². The van der Waals surface area contributed by atoms with Crippen molar-refractivity contribution in [2.24, 2.45) is 11.8 Å². The van der Waals surface area contributed by atoms with Gasteiger partial charge in [-0.1, -0.05) is 19.1 Å². The van der Waals surface area contributed by atoms with Crippen LogP contribution in [0.2, 0.25) is 0 Å². The number of carbonyl (C=O) groups excluding carboxylic acids is 2. The number of nitrogens with zero attached hydrogens (tertiary/aromatic N) is 3. The second-order valence-electron chi connectivity index (χ2n) is 7.28. The SMILES string of the molecule is C[C@@H]1C[C@@H]1C(=O)N1CCN(CC(=O)N2CCOc3ccccc32)CC1. The highest BCUT2D eigenvalue weighted by atomic mass is 16.5. The van der Waals surface area contributed by atoms with E-state index in [2.05, 4.69) is 11.8 Å². The fraction of sp³-hybridized carbons (Fsp3) is 0.579. The number of carbonyl (C=O) groups is 2. The minimum Gasteiger partial charge on any atom is -0.490 e. The van der Waals surface area contributed by atoms with Crippen molar-refractivity contribution < 1.29 is 14.3 Å². The summed E-state index contributed by atoms with van der Waals surface area (Å²) in [6, 6.07) is 7.68. The van der Waals surface area contributed by atoms with Gasteiger partial charge in [0.1, 0.15) is 12.4 Å². The van der Waals surface area contributed by atoms with Crippen LogP contribution >= 0.6 is 0 Å². The van der Waals surface area contributed by atoms with Crippen LogP contribution in [-0.2, 0) is 9.59 Å². The van der Waals surface area contributed by atoms with Crippen molar-refractivity contribution in [2.45, 2.75) is 13.3 Å². The van der Waals surface area contributed by atoms with E-state index in [-0.39, 0.29) is 11.8 Å². The molecule has 0 spiro atoms. The van der Waals surface area contributed by atoms with Crippen molar-refractivity contribution in [1.82, 2.24) is 9.80 Å². The van der Waals surface area contributed by atoms with Gasteiger partial charge in [0.05, 0.1) is 18.8 Å². The number of amides is 2. The zero-order valence-corrected chi connectivity index (χ0v) is 14.7. The third-order valence-corrected chi connectivity index (χ3v) is 5.50. The Morgan fingerprint density at radius 1 is 1.12 bits per heavy atom. The van der Waals surface area contributed by atoms with Crippen molar-refractivity contribution >= 4 is 17.5 Å². The van der Waals surface area contributed by atoms with Crippen molar-refractivity contribution in [2.75, 3.05) is 50.8 Å². The summed E-state index contributed by atoms with van der Waals surface area (Å²) in [6.45, 7) is 6.66. The number of piperazine rings is 1. The van der Waals surface area contributed by atoms with Gasteiger partial charge in [-0.05, 0) is 24.5 Å². The number of para-hydroxylation sites is 2. The van der Waals surface area contributed by atoms with Crippen LogP contribution in [0, 0.1) is 11.8 Å². The van der Waals surface area contributed by atoms with E-state index in [1.54, 1.807) is 0 Å². The van der Waals surface area contributed by atoms with E-state index in [1.807, 2.05) is 34.1 Å². The molecular weight excluding hydrogens is 318 g/mol. The maximum absolute atomic E-state index is 12.8. The summed E-state index contributed by atoms with van der Waals surface area (Å²) in [7, 11) is 0. The summed E-state index contributed by atoms with van der Waals surface area (Å²) < 4.78 is 5.62. The van der Waals surface area contributed by atoms with Gasteiger partial charge >= 0.3 is 0 Å². The molecule has 3 aliphatic rings. The molecule has 2 atom stereocenters. The van der Waals surface area contributed by atoms with E-state index in [0.29, 0.717) is 31.5 Å². The van der Waals surface area contributed by atoms with Crippen LogP contribution in [0.5, 0.6) is 5.75 Å². The molecule has 0 aromatic heterocycles. The zero-order chi connectivity index (χ0) is 17.4. The predicted molar refractivity (Wildman–Crippen MR) is 94.6 cm³/mol. The minimum atomic E-state index is 0.103. The monoisotopic (exact) mass is 343 g/mol. The Balaban J connectivity index is 1.32. The van der Waals surface area contributed by atoms with Gasteiger partial charge in [0.15, 0.2) is 0 Å². The number of hydrogen-bond acceptors (Lipinski definition) is 4. The first-order chi connectivity index (χ1) is 12.1. The van der Waals surface area contributed by atoms with Crippen molar-refractivity contribution in [3.63, 3.8) is 0 Å². The van der Waals surface area contributed by atoms with Gasteiger partial charge in [-0.3, -0.25) is 14.5 Å². The summed E-state index contributed by atoms with van der Waals surface area (Å²) in [6.07, 6.45) is 1.04. The molecule has 25 heavy (non-hydrogen) atoms. The van der Waals surface area contributed by atoms with Gasteiger partial charge in [-0.15, -0.1) is 0 Å². The first-order valence-electron chi connectivity index (χ1n) is 9.17. The second kappa shape index (κ2) is 6.67. The van der Waals surface area contributed by atoms with E-state index < -0.39 is 0 Å². The van der Waals surface area contributed by atoms with Gasteiger partial charge < -0.3 is 14.5 Å². The Kier molecular flexibility index (Phi) is 4.37. The van der Waals surface area contributed by atoms with Crippen LogP contribution in [0.1, 0.15) is 13.3 Å². The predicted octanol–water partition coefficient (Wildman–Crippen LogP) is 1.21. The molecule has 1 saturated heterocycles. The van der Waals surface area contributed by atoms with E-state index in [4.69, 9.17) is 4.74 Å². The Labute approximate surface area is 148 Å². The fourth-order valence-corrected chi connectivity index (χ4v) is 3.73. The lowest BCUT2D eigenvalue weighted by Gasteiger charge is -2.36. The number of anilines is 1. The van der Waals surface area contributed by atoms with Crippen LogP contribution in [0.25, 0.3) is 0 Å². The molecular formula is C19H25N3O3. The normalized spacial score (nSPS) is 26.0. The molecule has 2 heterocycles. The molecule has 0 N–H and O–H groups in total. The van der Waals surface area contributed by atoms with Crippen LogP contribution in [-0.4, -0.2) is 67.5 Å². The molecule has 2 aliphatic heterocycles. The number of fused-ring (bicyclic) bond motifs is 1. The van der Waals surface area contributed by atoms with E-state index in [9.17, 15) is 9.59 Å². The molecule has 2 fully saturated rings. The smallest absolute Gasteiger partial charge is 0.241 e. The Bertz CT molecular complexity index is 670. The van der Waals surface area contributed by atoms with E-state index >= 15 is 0 Å². The molecule has 1 aromatic rings. The minimum absolute atomic E-state index is 0.103. The van der Waals surface area contributed by atoms with Crippen molar-refractivity contribution in [3.8, 4) is 5.75 Å². The highest BCUT2D eigenvalue weighted by Gasteiger charge is 2.42. The highest BCUT2D eigenvalue weighted by Crippen LogP contribution is 2.39. The Morgan fingerprint density at radius 3 is 2.56 bits per heavy atom. The maximum atomic E-state index is 12.8. The highest BCUT2D eigenvalue weighted by molar-refractivity contribution is 5.96. The largest absolute Gasteiger partial charge is 0.490 e. The fourth-order valence-electron chi connectivity index (χ4n) is 3.73. The molecule has 2 amide bonds. The van der Waals surface area contributed by atoms with Gasteiger partial charge in [-0.2, -0.15) is 0 Å². The lowest BCUT2D eigenvalue weighted by Crippen LogP contribution is -2.52. The molecule has 1 saturated carbocycles. The van der Waals surface area contributed by atoms with E-state index in [1.165, 1.54) is 0 Å². The summed E-state index contributed by atoms with van der Waals surface area (Å²) in [5.41, 5.74) is 0.857. The number of hydrogen-bond donors (Lipinski definition) is 0. The average Bonchev–Trinajstić information content (AvgIpc) is 3.38. The van der Waals surface area contributed by atoms with Gasteiger partial charge in [-0.25, -0.2) is 0 Å². The lowest BCUT2D eigenvalue weighted by atomic mass is 10.2. The number of benzene rings is 1. The van der Waals surface area contributed by atoms with Crippen molar-refractivity contribution in [1.29, 1.82) is 0 Å². The van der Waals surface area contributed by atoms with Crippen molar-refractivity contribution in [3.05, 3.63) is 24.3 Å². The summed E-state index contributed by atoms with van der Waals surface area (Å²) in [5.74, 6) is 1.98. The quantitative estimate of drug-likeness (QED) is 0.828. The third kappa shape index (κ3) is 3.35. The molecule has 1 aliphatic carbocycles. The lowest BCUT2D eigenvalue weighted by molar-refractivity contribution is -0.134. The summed E-state index contributed by atoms with van der Waals surface area (Å²) >= 11 is 0. The molecule has 134 valence electrons. The van der Waals surface area contributed by atoms with Crippen LogP contribution < -0.4 is 9.64 Å². The van der Waals surface area contributed by atoms with Crippen LogP contribution in [0.3, 0.4) is 0 Å². The maximum Gasteiger partial charge on any atom is 0.241 e. The van der Waals surface area contributed by atoms with Gasteiger partial charge in [0, 0.05) is 32.1 Å². The molecule has 4 rings (SSSR count). The molecule has 0 bridgehead atoms. The standard InChI is InChI=1S/C19H25N3O3/c1-14-12-15(14)19(24)21-8-6-20(7-9-21)13-18(23)22-10-11-25-17-5-3-2-4-16(17)22/h2-5,14-15H,6-13H2,1H3/t14-,15+/m1/s1. The number of rotatable bonds is 3. The second-order valence-corrected chi connectivity index (χ2v) is 7.28. The molecule has 0 unspecified atom stereocenters. The average molecular weight is 343 g/mol. The first kappa shape index (κ1) is 16.4. The van der Waals surface area contributed by atoms with E-state index in [0.717, 1.165) is 44.0 Å². The zero-order valence-electron chi connectivity index (χ0n) is 14.7. The molecule has 1 aromatic carbocycles. The number of ether oxygens (including phenoxy) is 1. The Morgan fingerprint density at radius 2 is 1.84 bits per heavy atom. The molecule has 6 heteroatoms. The topological polar surface area (TPSA) is 53.1 Å². The molecule has 0 radical (unpaired) electrons. The summed E-state index contributed by atoms with van der Waals surface area (Å²) in [5, 5.41) is 0. The van der Waals surface area contributed by atoms with Crippen LogP contribution in [0.4, 0.5) is 5.69 Å². The summed E-state index contributed by atoms with van der Waals surface area (Å²) in [4.78, 5) is 31.0. The first-order valence-corrected chi connectivity index (χ1v) is 9.17. The van der Waals surface area contributed by atoms with Gasteiger partial charge in [0.25, 0.3) is 0 Å².